The zero-order valence-corrected chi connectivity index (χ0v) is 31.3. The molecular formula is C53H33N5. The SMILES string of the molecule is c1ccc(-c2ccc(-c3cc(-n4c5ccccc5c5c4ccc4c6ccccc6c6nc7ccccc7n6c45)nc(-c4ccc(-c5ccccc5)cc4)n3)cc2)cc1. The van der Waals surface area contributed by atoms with E-state index >= 15 is 0 Å². The minimum atomic E-state index is 0.667. The first-order chi connectivity index (χ1) is 28.8. The summed E-state index contributed by atoms with van der Waals surface area (Å²) in [6.45, 7) is 0. The minimum absolute atomic E-state index is 0.667. The van der Waals surface area contributed by atoms with Gasteiger partial charge in [0.25, 0.3) is 0 Å². The van der Waals surface area contributed by atoms with Gasteiger partial charge < -0.3 is 0 Å². The molecule has 270 valence electrons. The van der Waals surface area contributed by atoms with Gasteiger partial charge >= 0.3 is 0 Å². The number of para-hydroxylation sites is 3. The van der Waals surface area contributed by atoms with Crippen LogP contribution in [0.1, 0.15) is 0 Å². The Morgan fingerprint density at radius 2 is 0.897 bits per heavy atom. The molecule has 0 radical (unpaired) electrons. The molecule has 4 heterocycles. The summed E-state index contributed by atoms with van der Waals surface area (Å²) in [7, 11) is 0. The molecule has 0 amide bonds. The van der Waals surface area contributed by atoms with Crippen LogP contribution in [0.3, 0.4) is 0 Å². The van der Waals surface area contributed by atoms with Crippen molar-refractivity contribution in [1.29, 1.82) is 0 Å². The number of benzene rings is 8. The highest BCUT2D eigenvalue weighted by Crippen LogP contribution is 2.41. The minimum Gasteiger partial charge on any atom is -0.294 e. The van der Waals surface area contributed by atoms with Gasteiger partial charge in [0.05, 0.1) is 33.3 Å². The molecule has 12 rings (SSSR count). The molecule has 0 aliphatic heterocycles. The third-order valence-corrected chi connectivity index (χ3v) is 11.5. The molecule has 5 heteroatoms. The second-order valence-corrected chi connectivity index (χ2v) is 14.8. The molecule has 0 saturated heterocycles. The number of imidazole rings is 1. The maximum Gasteiger partial charge on any atom is 0.162 e. The van der Waals surface area contributed by atoms with Gasteiger partial charge in [-0.1, -0.05) is 170 Å². The van der Waals surface area contributed by atoms with E-state index in [9.17, 15) is 0 Å². The second kappa shape index (κ2) is 12.8. The lowest BCUT2D eigenvalue weighted by molar-refractivity contribution is 1.05. The fourth-order valence-corrected chi connectivity index (χ4v) is 8.82. The zero-order valence-electron chi connectivity index (χ0n) is 31.3. The normalized spacial score (nSPS) is 11.8. The lowest BCUT2D eigenvalue weighted by Crippen LogP contribution is -2.02. The Kier molecular flexibility index (Phi) is 7.16. The molecule has 0 N–H and O–H groups in total. The summed E-state index contributed by atoms with van der Waals surface area (Å²) < 4.78 is 4.68. The van der Waals surface area contributed by atoms with Gasteiger partial charge in [-0.3, -0.25) is 8.97 Å². The van der Waals surface area contributed by atoms with E-state index in [4.69, 9.17) is 15.0 Å². The summed E-state index contributed by atoms with van der Waals surface area (Å²) in [6.07, 6.45) is 0. The second-order valence-electron chi connectivity index (χ2n) is 14.8. The topological polar surface area (TPSA) is 48.0 Å². The van der Waals surface area contributed by atoms with Crippen molar-refractivity contribution in [2.75, 3.05) is 0 Å². The number of fused-ring (bicyclic) bond motifs is 12. The van der Waals surface area contributed by atoms with Crippen molar-refractivity contribution >= 4 is 60.2 Å². The predicted octanol–water partition coefficient (Wildman–Crippen LogP) is 13.3. The number of pyridine rings is 1. The lowest BCUT2D eigenvalue weighted by atomic mass is 10.0. The van der Waals surface area contributed by atoms with Crippen LogP contribution in [0.2, 0.25) is 0 Å². The van der Waals surface area contributed by atoms with Crippen LogP contribution in [0.5, 0.6) is 0 Å². The summed E-state index contributed by atoms with van der Waals surface area (Å²) in [5.74, 6) is 1.47. The third kappa shape index (κ3) is 5.00. The van der Waals surface area contributed by atoms with Crippen LogP contribution in [-0.2, 0) is 0 Å². The van der Waals surface area contributed by atoms with Crippen molar-refractivity contribution in [3.05, 3.63) is 200 Å². The van der Waals surface area contributed by atoms with Crippen molar-refractivity contribution in [2.45, 2.75) is 0 Å². The van der Waals surface area contributed by atoms with Gasteiger partial charge in [0.1, 0.15) is 11.5 Å². The van der Waals surface area contributed by atoms with Crippen LogP contribution in [-0.4, -0.2) is 23.9 Å². The molecule has 0 spiro atoms. The molecule has 0 aliphatic rings. The van der Waals surface area contributed by atoms with Crippen LogP contribution in [0.25, 0.3) is 111 Å². The van der Waals surface area contributed by atoms with Crippen molar-refractivity contribution in [1.82, 2.24) is 23.9 Å². The number of nitrogens with zero attached hydrogens (tertiary/aromatic N) is 5. The molecule has 58 heavy (non-hydrogen) atoms. The zero-order chi connectivity index (χ0) is 38.2. The Balaban J connectivity index is 1.14. The Hall–Kier alpha value is -7.89. The first kappa shape index (κ1) is 32.4. The van der Waals surface area contributed by atoms with Gasteiger partial charge in [0.2, 0.25) is 0 Å². The molecule has 0 aliphatic carbocycles. The van der Waals surface area contributed by atoms with Crippen LogP contribution in [0, 0.1) is 0 Å². The molecule has 8 aromatic carbocycles. The summed E-state index contributed by atoms with van der Waals surface area (Å²) in [5.41, 5.74) is 13.8. The standard InChI is InChI=1S/C53H33N5/c1-3-13-34(14-4-1)36-23-27-38(28-24-36)45-33-49(56-52(54-45)39-29-25-37(26-30-39)35-15-5-2-6-16-35)57-46-21-11-9-19-43(46)50-48(57)32-31-41-40-17-7-8-18-42(40)53-55-44-20-10-12-22-47(44)58(53)51(41)50/h1-33H. The number of rotatable bonds is 5. The highest BCUT2D eigenvalue weighted by Gasteiger charge is 2.22. The van der Waals surface area contributed by atoms with Crippen LogP contribution in [0.4, 0.5) is 0 Å². The van der Waals surface area contributed by atoms with Gasteiger partial charge in [-0.05, 0) is 51.9 Å². The van der Waals surface area contributed by atoms with Crippen molar-refractivity contribution < 1.29 is 0 Å². The molecule has 4 aromatic heterocycles. The van der Waals surface area contributed by atoms with E-state index in [-0.39, 0.29) is 0 Å². The molecule has 12 aromatic rings. The average molecular weight is 740 g/mol. The molecule has 0 unspecified atom stereocenters. The van der Waals surface area contributed by atoms with E-state index in [1.165, 1.54) is 21.9 Å². The van der Waals surface area contributed by atoms with Crippen molar-refractivity contribution in [3.63, 3.8) is 0 Å². The van der Waals surface area contributed by atoms with Crippen LogP contribution < -0.4 is 0 Å². The first-order valence-electron chi connectivity index (χ1n) is 19.6. The van der Waals surface area contributed by atoms with Gasteiger partial charge in [-0.25, -0.2) is 15.0 Å². The smallest absolute Gasteiger partial charge is 0.162 e. The Labute approximate surface area is 333 Å². The van der Waals surface area contributed by atoms with Crippen LogP contribution in [0.15, 0.2) is 200 Å². The first-order valence-corrected chi connectivity index (χ1v) is 19.6. The largest absolute Gasteiger partial charge is 0.294 e. The fourth-order valence-electron chi connectivity index (χ4n) is 8.82. The Morgan fingerprint density at radius 3 is 1.60 bits per heavy atom. The lowest BCUT2D eigenvalue weighted by Gasteiger charge is -2.14. The number of aromatic nitrogens is 5. The molecule has 0 saturated carbocycles. The molecule has 5 nitrogen and oxygen atoms in total. The third-order valence-electron chi connectivity index (χ3n) is 11.5. The Bertz CT molecular complexity index is 3430. The average Bonchev–Trinajstić information content (AvgIpc) is 3.86. The summed E-state index contributed by atoms with van der Waals surface area (Å²) in [4.78, 5) is 15.9. The quantitative estimate of drug-likeness (QED) is 0.165. The molecule has 0 bridgehead atoms. The molecular weight excluding hydrogens is 707 g/mol. The molecule has 0 fully saturated rings. The fraction of sp³-hybridized carbons (Fsp3) is 0. The van der Waals surface area contributed by atoms with Crippen LogP contribution >= 0.6 is 0 Å². The van der Waals surface area contributed by atoms with E-state index in [0.717, 1.165) is 83.2 Å². The maximum absolute atomic E-state index is 5.40. The monoisotopic (exact) mass is 739 g/mol. The van der Waals surface area contributed by atoms with Gasteiger partial charge in [0.15, 0.2) is 5.82 Å². The molecule has 0 atom stereocenters. The van der Waals surface area contributed by atoms with Gasteiger partial charge in [-0.15, -0.1) is 0 Å². The number of hydrogen-bond acceptors (Lipinski definition) is 3. The highest BCUT2D eigenvalue weighted by molar-refractivity contribution is 6.26. The van der Waals surface area contributed by atoms with E-state index in [1.54, 1.807) is 0 Å². The maximum atomic E-state index is 5.40. The number of hydrogen-bond donors (Lipinski definition) is 0. The predicted molar refractivity (Wildman–Crippen MR) is 239 cm³/mol. The summed E-state index contributed by atoms with van der Waals surface area (Å²) in [6, 6.07) is 70.7. The van der Waals surface area contributed by atoms with Gasteiger partial charge in [-0.2, -0.15) is 0 Å². The summed E-state index contributed by atoms with van der Waals surface area (Å²) >= 11 is 0. The van der Waals surface area contributed by atoms with E-state index in [1.807, 2.05) is 12.1 Å². The Morgan fingerprint density at radius 1 is 0.345 bits per heavy atom. The van der Waals surface area contributed by atoms with Crippen molar-refractivity contribution in [2.24, 2.45) is 0 Å². The van der Waals surface area contributed by atoms with E-state index < -0.39 is 0 Å². The van der Waals surface area contributed by atoms with E-state index in [2.05, 4.69) is 197 Å². The summed E-state index contributed by atoms with van der Waals surface area (Å²) in [5, 5.41) is 5.81. The van der Waals surface area contributed by atoms with Crippen molar-refractivity contribution in [3.8, 4) is 50.7 Å². The van der Waals surface area contributed by atoms with E-state index in [0.29, 0.717) is 5.82 Å². The highest BCUT2D eigenvalue weighted by atomic mass is 15.1. The van der Waals surface area contributed by atoms with Gasteiger partial charge in [0, 0.05) is 38.7 Å².